The van der Waals surface area contributed by atoms with Crippen LogP contribution >= 0.6 is 0 Å². The Kier molecular flexibility index (Phi) is 5.44. The molecule has 0 aliphatic heterocycles. The zero-order valence-corrected chi connectivity index (χ0v) is 13.6. The maximum absolute atomic E-state index is 12.5. The number of amides is 2. The molecular weight excluding hydrogens is 300 g/mol. The Balaban J connectivity index is 2.05. The number of benzene rings is 1. The van der Waals surface area contributed by atoms with Crippen LogP contribution in [0.3, 0.4) is 0 Å². The van der Waals surface area contributed by atoms with Crippen molar-refractivity contribution >= 4 is 17.5 Å². The van der Waals surface area contributed by atoms with Gasteiger partial charge in [0.15, 0.2) is 0 Å². The van der Waals surface area contributed by atoms with Crippen molar-refractivity contribution in [1.29, 1.82) is 0 Å². The van der Waals surface area contributed by atoms with E-state index in [1.165, 1.54) is 7.11 Å². The normalized spacial score (nSPS) is 14.7. The molecule has 0 heterocycles. The molecule has 2 amide bonds. The van der Waals surface area contributed by atoms with Crippen molar-refractivity contribution in [3.05, 3.63) is 18.2 Å². The third-order valence-electron chi connectivity index (χ3n) is 3.87. The molecule has 1 saturated carbocycles. The van der Waals surface area contributed by atoms with Crippen LogP contribution in [0.4, 0.5) is 5.69 Å². The third-order valence-corrected chi connectivity index (χ3v) is 3.87. The SMILES string of the molecule is COCCNC(=O)C1(C(=O)Nc2ccc(OC)cc2OC)CC1. The van der Waals surface area contributed by atoms with Gasteiger partial charge in [0, 0.05) is 19.7 Å². The molecule has 0 bridgehead atoms. The summed E-state index contributed by atoms with van der Waals surface area (Å²) in [6.45, 7) is 0.798. The molecule has 7 heteroatoms. The first-order chi connectivity index (χ1) is 11.1. The number of carbonyl (C=O) groups is 2. The zero-order valence-electron chi connectivity index (χ0n) is 13.6. The molecule has 2 N–H and O–H groups in total. The Morgan fingerprint density at radius 2 is 1.87 bits per heavy atom. The molecule has 1 fully saturated rings. The summed E-state index contributed by atoms with van der Waals surface area (Å²) in [6, 6.07) is 5.08. The maximum atomic E-state index is 12.5. The van der Waals surface area contributed by atoms with Crippen LogP contribution in [0.5, 0.6) is 11.5 Å². The lowest BCUT2D eigenvalue weighted by Crippen LogP contribution is -2.41. The van der Waals surface area contributed by atoms with Gasteiger partial charge < -0.3 is 24.8 Å². The van der Waals surface area contributed by atoms with Gasteiger partial charge in [-0.05, 0) is 25.0 Å². The van der Waals surface area contributed by atoms with Crippen LogP contribution in [0.1, 0.15) is 12.8 Å². The van der Waals surface area contributed by atoms with E-state index >= 15 is 0 Å². The van der Waals surface area contributed by atoms with Gasteiger partial charge in [0.2, 0.25) is 11.8 Å². The minimum absolute atomic E-state index is 0.264. The van der Waals surface area contributed by atoms with E-state index in [0.717, 1.165) is 0 Å². The molecule has 126 valence electrons. The van der Waals surface area contributed by atoms with Crippen molar-refractivity contribution in [3.63, 3.8) is 0 Å². The molecule has 1 aliphatic rings. The quantitative estimate of drug-likeness (QED) is 0.554. The second kappa shape index (κ2) is 7.32. The van der Waals surface area contributed by atoms with Crippen LogP contribution in [-0.2, 0) is 14.3 Å². The van der Waals surface area contributed by atoms with Gasteiger partial charge in [0.05, 0.1) is 26.5 Å². The van der Waals surface area contributed by atoms with E-state index in [0.29, 0.717) is 43.2 Å². The van der Waals surface area contributed by atoms with Gasteiger partial charge in [-0.15, -0.1) is 0 Å². The summed E-state index contributed by atoms with van der Waals surface area (Å²) in [5, 5.41) is 5.50. The van der Waals surface area contributed by atoms with Crippen molar-refractivity contribution in [2.24, 2.45) is 5.41 Å². The first-order valence-electron chi connectivity index (χ1n) is 7.38. The maximum Gasteiger partial charge on any atom is 0.240 e. The summed E-state index contributed by atoms with van der Waals surface area (Å²) in [5.74, 6) is 0.516. The molecular formula is C16H22N2O5. The number of hydrogen-bond acceptors (Lipinski definition) is 5. The minimum Gasteiger partial charge on any atom is -0.497 e. The van der Waals surface area contributed by atoms with Gasteiger partial charge in [-0.25, -0.2) is 0 Å². The van der Waals surface area contributed by atoms with Crippen molar-refractivity contribution in [2.45, 2.75) is 12.8 Å². The van der Waals surface area contributed by atoms with E-state index in [4.69, 9.17) is 14.2 Å². The second-order valence-electron chi connectivity index (χ2n) is 5.35. The van der Waals surface area contributed by atoms with E-state index in [1.807, 2.05) is 0 Å². The molecule has 0 aromatic heterocycles. The van der Waals surface area contributed by atoms with Gasteiger partial charge in [-0.2, -0.15) is 0 Å². The smallest absolute Gasteiger partial charge is 0.240 e. The predicted molar refractivity (Wildman–Crippen MR) is 84.7 cm³/mol. The topological polar surface area (TPSA) is 85.9 Å². The fraction of sp³-hybridized carbons (Fsp3) is 0.500. The lowest BCUT2D eigenvalue weighted by Gasteiger charge is -2.17. The Labute approximate surface area is 135 Å². The highest BCUT2D eigenvalue weighted by Crippen LogP contribution is 2.47. The Morgan fingerprint density at radius 3 is 2.43 bits per heavy atom. The highest BCUT2D eigenvalue weighted by atomic mass is 16.5. The number of hydrogen-bond donors (Lipinski definition) is 2. The molecule has 1 aliphatic carbocycles. The largest absolute Gasteiger partial charge is 0.497 e. The number of ether oxygens (including phenoxy) is 3. The first kappa shape index (κ1) is 17.1. The highest BCUT2D eigenvalue weighted by molar-refractivity contribution is 6.13. The molecule has 0 saturated heterocycles. The Bertz CT molecular complexity index is 584. The molecule has 1 aromatic carbocycles. The molecule has 23 heavy (non-hydrogen) atoms. The van der Waals surface area contributed by atoms with Crippen LogP contribution in [0.15, 0.2) is 18.2 Å². The lowest BCUT2D eigenvalue weighted by molar-refractivity contribution is -0.134. The summed E-state index contributed by atoms with van der Waals surface area (Å²) in [5.41, 5.74) is -0.479. The van der Waals surface area contributed by atoms with E-state index < -0.39 is 5.41 Å². The fourth-order valence-electron chi connectivity index (χ4n) is 2.26. The van der Waals surface area contributed by atoms with Crippen molar-refractivity contribution < 1.29 is 23.8 Å². The summed E-state index contributed by atoms with van der Waals surface area (Å²) < 4.78 is 15.3. The molecule has 0 unspecified atom stereocenters. The van der Waals surface area contributed by atoms with Gasteiger partial charge in [0.1, 0.15) is 16.9 Å². The molecule has 0 radical (unpaired) electrons. The Morgan fingerprint density at radius 1 is 1.13 bits per heavy atom. The van der Waals surface area contributed by atoms with Crippen LogP contribution in [-0.4, -0.2) is 46.3 Å². The number of nitrogens with one attached hydrogen (secondary N) is 2. The average molecular weight is 322 g/mol. The lowest BCUT2D eigenvalue weighted by atomic mass is 10.0. The predicted octanol–water partition coefficient (Wildman–Crippen LogP) is 1.19. The number of rotatable bonds is 8. The number of methoxy groups -OCH3 is 3. The van der Waals surface area contributed by atoms with Gasteiger partial charge in [-0.1, -0.05) is 0 Å². The number of anilines is 1. The van der Waals surface area contributed by atoms with Crippen LogP contribution in [0.2, 0.25) is 0 Å². The van der Waals surface area contributed by atoms with Crippen molar-refractivity contribution in [2.75, 3.05) is 39.8 Å². The first-order valence-corrected chi connectivity index (χ1v) is 7.38. The third kappa shape index (κ3) is 3.73. The van der Waals surface area contributed by atoms with Gasteiger partial charge in [-0.3, -0.25) is 9.59 Å². The van der Waals surface area contributed by atoms with E-state index in [9.17, 15) is 9.59 Å². The van der Waals surface area contributed by atoms with Crippen molar-refractivity contribution in [3.8, 4) is 11.5 Å². The molecule has 1 aromatic rings. The highest BCUT2D eigenvalue weighted by Gasteiger charge is 2.56. The molecule has 0 atom stereocenters. The van der Waals surface area contributed by atoms with Crippen molar-refractivity contribution in [1.82, 2.24) is 5.32 Å². The Hall–Kier alpha value is -2.28. The fourth-order valence-corrected chi connectivity index (χ4v) is 2.26. The van der Waals surface area contributed by atoms with Gasteiger partial charge >= 0.3 is 0 Å². The summed E-state index contributed by atoms with van der Waals surface area (Å²) in [7, 11) is 4.62. The molecule has 2 rings (SSSR count). The van der Waals surface area contributed by atoms with E-state index in [2.05, 4.69) is 10.6 Å². The van der Waals surface area contributed by atoms with Gasteiger partial charge in [0.25, 0.3) is 0 Å². The number of carbonyl (C=O) groups excluding carboxylic acids is 2. The van der Waals surface area contributed by atoms with Crippen LogP contribution in [0.25, 0.3) is 0 Å². The van der Waals surface area contributed by atoms with Crippen LogP contribution < -0.4 is 20.1 Å². The van der Waals surface area contributed by atoms with E-state index in [1.54, 1.807) is 32.4 Å². The zero-order chi connectivity index (χ0) is 16.9. The second-order valence-corrected chi connectivity index (χ2v) is 5.35. The van der Waals surface area contributed by atoms with E-state index in [-0.39, 0.29) is 11.8 Å². The molecule has 0 spiro atoms. The monoisotopic (exact) mass is 322 g/mol. The minimum atomic E-state index is -0.987. The average Bonchev–Trinajstić information content (AvgIpc) is 3.37. The summed E-state index contributed by atoms with van der Waals surface area (Å²) in [4.78, 5) is 24.7. The van der Waals surface area contributed by atoms with Crippen LogP contribution in [0, 0.1) is 5.41 Å². The summed E-state index contributed by atoms with van der Waals surface area (Å²) in [6.07, 6.45) is 1.08. The standard InChI is InChI=1S/C16H22N2O5/c1-21-9-8-17-14(19)16(6-7-16)15(20)18-12-5-4-11(22-2)10-13(12)23-3/h4-5,10H,6-9H2,1-3H3,(H,17,19)(H,18,20). The molecule has 7 nitrogen and oxygen atoms in total. The summed E-state index contributed by atoms with van der Waals surface area (Å²) >= 11 is 0.